The van der Waals surface area contributed by atoms with E-state index < -0.39 is 0 Å². The Morgan fingerprint density at radius 1 is 1.20 bits per heavy atom. The summed E-state index contributed by atoms with van der Waals surface area (Å²) in [5.74, 6) is -0.253. The summed E-state index contributed by atoms with van der Waals surface area (Å²) in [6, 6.07) is 13.5. The average Bonchev–Trinajstić information content (AvgIpc) is 2.62. The Labute approximate surface area is 149 Å². The molecule has 2 aromatic carbocycles. The van der Waals surface area contributed by atoms with Gasteiger partial charge in [0.2, 0.25) is 11.8 Å². The number of para-hydroxylation sites is 2. The Morgan fingerprint density at radius 3 is 2.72 bits per heavy atom. The maximum absolute atomic E-state index is 12.9. The highest BCUT2D eigenvalue weighted by molar-refractivity contribution is 8.00. The van der Waals surface area contributed by atoms with Crippen molar-refractivity contribution in [3.05, 3.63) is 54.3 Å². The van der Waals surface area contributed by atoms with Gasteiger partial charge in [-0.1, -0.05) is 12.1 Å². The number of hydrogen-bond donors (Lipinski definition) is 2. The van der Waals surface area contributed by atoms with Gasteiger partial charge in [0, 0.05) is 18.0 Å². The molecular weight excluding hydrogens is 341 g/mol. The molecule has 25 heavy (non-hydrogen) atoms. The molecule has 0 aromatic heterocycles. The number of amides is 2. The summed E-state index contributed by atoms with van der Waals surface area (Å²) in [4.78, 5) is 26.6. The van der Waals surface area contributed by atoms with Crippen molar-refractivity contribution in [2.45, 2.75) is 4.90 Å². The highest BCUT2D eigenvalue weighted by Gasteiger charge is 2.19. The molecule has 0 spiro atoms. The smallest absolute Gasteiger partial charge is 0.239 e. The van der Waals surface area contributed by atoms with Gasteiger partial charge in [0.1, 0.15) is 5.82 Å². The van der Waals surface area contributed by atoms with Crippen molar-refractivity contribution < 1.29 is 14.0 Å². The SMILES string of the molecule is O=C1CN(c2ccccc2NC(=O)CSc2ccc(F)cc2)CCN1. The Kier molecular flexibility index (Phi) is 5.55. The summed E-state index contributed by atoms with van der Waals surface area (Å²) in [5.41, 5.74) is 1.51. The van der Waals surface area contributed by atoms with Crippen molar-refractivity contribution in [2.24, 2.45) is 0 Å². The van der Waals surface area contributed by atoms with Gasteiger partial charge >= 0.3 is 0 Å². The van der Waals surface area contributed by atoms with Crippen LogP contribution in [-0.4, -0.2) is 37.2 Å². The number of piperazine rings is 1. The van der Waals surface area contributed by atoms with Crippen molar-refractivity contribution in [3.63, 3.8) is 0 Å². The van der Waals surface area contributed by atoms with Gasteiger partial charge in [-0.25, -0.2) is 4.39 Å². The van der Waals surface area contributed by atoms with Crippen LogP contribution in [0.15, 0.2) is 53.4 Å². The Balaban J connectivity index is 1.63. The van der Waals surface area contributed by atoms with Gasteiger partial charge in [0.15, 0.2) is 0 Å². The third kappa shape index (κ3) is 4.73. The zero-order valence-electron chi connectivity index (χ0n) is 13.5. The highest BCUT2D eigenvalue weighted by atomic mass is 32.2. The predicted octanol–water partition coefficient (Wildman–Crippen LogP) is 2.49. The summed E-state index contributed by atoms with van der Waals surface area (Å²) in [5, 5.41) is 5.68. The van der Waals surface area contributed by atoms with Crippen LogP contribution in [0.2, 0.25) is 0 Å². The van der Waals surface area contributed by atoms with Crippen LogP contribution in [0.25, 0.3) is 0 Å². The zero-order valence-corrected chi connectivity index (χ0v) is 14.3. The molecule has 7 heteroatoms. The fraction of sp³-hybridized carbons (Fsp3) is 0.222. The predicted molar refractivity (Wildman–Crippen MR) is 97.4 cm³/mol. The van der Waals surface area contributed by atoms with E-state index in [4.69, 9.17) is 0 Å². The molecule has 1 aliphatic heterocycles. The number of rotatable bonds is 5. The molecule has 0 atom stereocenters. The van der Waals surface area contributed by atoms with Gasteiger partial charge in [0.25, 0.3) is 0 Å². The third-order valence-electron chi connectivity index (χ3n) is 3.74. The largest absolute Gasteiger partial charge is 0.359 e. The quantitative estimate of drug-likeness (QED) is 0.806. The van der Waals surface area contributed by atoms with Crippen molar-refractivity contribution in [1.29, 1.82) is 0 Å². The number of carbonyl (C=O) groups excluding carboxylic acids is 2. The zero-order chi connectivity index (χ0) is 17.6. The molecule has 1 heterocycles. The first-order chi connectivity index (χ1) is 12.1. The maximum atomic E-state index is 12.9. The van der Waals surface area contributed by atoms with Crippen LogP contribution in [0.1, 0.15) is 0 Å². The summed E-state index contributed by atoms with van der Waals surface area (Å²) in [6.45, 7) is 1.56. The van der Waals surface area contributed by atoms with Gasteiger partial charge < -0.3 is 15.5 Å². The number of hydrogen-bond acceptors (Lipinski definition) is 4. The topological polar surface area (TPSA) is 61.4 Å². The highest BCUT2D eigenvalue weighted by Crippen LogP contribution is 2.26. The monoisotopic (exact) mass is 359 g/mol. The molecule has 0 radical (unpaired) electrons. The van der Waals surface area contributed by atoms with E-state index in [1.54, 1.807) is 12.1 Å². The molecule has 130 valence electrons. The lowest BCUT2D eigenvalue weighted by Gasteiger charge is -2.30. The minimum absolute atomic E-state index is 0.0285. The van der Waals surface area contributed by atoms with Gasteiger partial charge in [-0.15, -0.1) is 11.8 Å². The lowest BCUT2D eigenvalue weighted by Crippen LogP contribution is -2.47. The van der Waals surface area contributed by atoms with E-state index in [1.165, 1.54) is 23.9 Å². The lowest BCUT2D eigenvalue weighted by atomic mass is 10.2. The van der Waals surface area contributed by atoms with Crippen molar-refractivity contribution in [3.8, 4) is 0 Å². The second kappa shape index (κ2) is 8.02. The van der Waals surface area contributed by atoms with Crippen molar-refractivity contribution in [2.75, 3.05) is 35.6 Å². The van der Waals surface area contributed by atoms with Crippen LogP contribution < -0.4 is 15.5 Å². The van der Waals surface area contributed by atoms with Gasteiger partial charge in [0.05, 0.1) is 23.7 Å². The van der Waals surface area contributed by atoms with Crippen LogP contribution in [0, 0.1) is 5.82 Å². The van der Waals surface area contributed by atoms with Crippen LogP contribution in [0.4, 0.5) is 15.8 Å². The molecule has 0 bridgehead atoms. The number of anilines is 2. The van der Waals surface area contributed by atoms with Gasteiger partial charge in [-0.3, -0.25) is 9.59 Å². The molecular formula is C18H18FN3O2S. The Morgan fingerprint density at radius 2 is 1.96 bits per heavy atom. The van der Waals surface area contributed by atoms with E-state index in [-0.39, 0.29) is 29.9 Å². The molecule has 0 saturated carbocycles. The van der Waals surface area contributed by atoms with Crippen LogP contribution in [0.5, 0.6) is 0 Å². The van der Waals surface area contributed by atoms with E-state index in [9.17, 15) is 14.0 Å². The number of carbonyl (C=O) groups is 2. The van der Waals surface area contributed by atoms with Crippen molar-refractivity contribution >= 4 is 35.0 Å². The lowest BCUT2D eigenvalue weighted by molar-refractivity contribution is -0.120. The van der Waals surface area contributed by atoms with E-state index >= 15 is 0 Å². The number of nitrogens with zero attached hydrogens (tertiary/aromatic N) is 1. The average molecular weight is 359 g/mol. The first kappa shape index (κ1) is 17.3. The first-order valence-corrected chi connectivity index (χ1v) is 8.89. The molecule has 1 fully saturated rings. The minimum Gasteiger partial charge on any atom is -0.359 e. The molecule has 3 rings (SSSR count). The number of benzene rings is 2. The van der Waals surface area contributed by atoms with Crippen LogP contribution in [0.3, 0.4) is 0 Å². The van der Waals surface area contributed by atoms with Crippen molar-refractivity contribution in [1.82, 2.24) is 5.32 Å². The molecule has 0 unspecified atom stereocenters. The Bertz CT molecular complexity index is 767. The molecule has 1 saturated heterocycles. The fourth-order valence-electron chi connectivity index (χ4n) is 2.57. The first-order valence-electron chi connectivity index (χ1n) is 7.91. The maximum Gasteiger partial charge on any atom is 0.239 e. The standard InChI is InChI=1S/C18H18FN3O2S/c19-13-5-7-14(8-6-13)25-12-18(24)21-15-3-1-2-4-16(15)22-10-9-20-17(23)11-22/h1-8H,9-12H2,(H,20,23)(H,21,24). The van der Waals surface area contributed by atoms with Crippen LogP contribution in [-0.2, 0) is 9.59 Å². The molecule has 2 aromatic rings. The number of nitrogens with one attached hydrogen (secondary N) is 2. The molecule has 2 amide bonds. The summed E-state index contributed by atoms with van der Waals surface area (Å²) >= 11 is 1.34. The normalized spacial score (nSPS) is 14.1. The second-order valence-corrected chi connectivity index (χ2v) is 6.63. The third-order valence-corrected chi connectivity index (χ3v) is 4.75. The van der Waals surface area contributed by atoms with E-state index in [0.29, 0.717) is 18.8 Å². The molecule has 2 N–H and O–H groups in total. The van der Waals surface area contributed by atoms with E-state index in [2.05, 4.69) is 10.6 Å². The summed E-state index contributed by atoms with van der Waals surface area (Å²) in [6.07, 6.45) is 0. The van der Waals surface area contributed by atoms with Crippen LogP contribution >= 0.6 is 11.8 Å². The van der Waals surface area contributed by atoms with Gasteiger partial charge in [-0.2, -0.15) is 0 Å². The van der Waals surface area contributed by atoms with E-state index in [1.807, 2.05) is 29.2 Å². The summed E-state index contributed by atoms with van der Waals surface area (Å²) in [7, 11) is 0. The molecule has 5 nitrogen and oxygen atoms in total. The molecule has 1 aliphatic rings. The Hall–Kier alpha value is -2.54. The number of thioether (sulfide) groups is 1. The number of halogens is 1. The van der Waals surface area contributed by atoms with Gasteiger partial charge in [-0.05, 0) is 36.4 Å². The van der Waals surface area contributed by atoms with E-state index in [0.717, 1.165) is 10.6 Å². The summed E-state index contributed by atoms with van der Waals surface area (Å²) < 4.78 is 12.9. The second-order valence-electron chi connectivity index (χ2n) is 5.58. The minimum atomic E-state index is -0.298. The fourth-order valence-corrected chi connectivity index (χ4v) is 3.26. The molecule has 0 aliphatic carbocycles.